The van der Waals surface area contributed by atoms with Gasteiger partial charge in [0.05, 0.1) is 5.69 Å². The van der Waals surface area contributed by atoms with Crippen LogP contribution in [0.4, 0.5) is 0 Å². The molecule has 0 spiro atoms. The van der Waals surface area contributed by atoms with E-state index in [1.807, 2.05) is 0 Å². The number of nitrogens with two attached hydrogens (primary N) is 1. The molecule has 0 radical (unpaired) electrons. The highest BCUT2D eigenvalue weighted by Gasteiger charge is 2.17. The number of unbranched alkanes of at least 4 members (excludes halogenated alkanes) is 1. The Balaban J connectivity index is 2.24. The van der Waals surface area contributed by atoms with Crippen molar-refractivity contribution in [2.75, 3.05) is 6.54 Å². The van der Waals surface area contributed by atoms with Gasteiger partial charge in [0.1, 0.15) is 0 Å². The highest BCUT2D eigenvalue weighted by Crippen LogP contribution is 2.37. The fourth-order valence-electron chi connectivity index (χ4n) is 3.28. The number of rotatable bonds is 5. The van der Waals surface area contributed by atoms with Crippen molar-refractivity contribution in [1.82, 2.24) is 4.98 Å². The molecule has 0 unspecified atom stereocenters. The summed E-state index contributed by atoms with van der Waals surface area (Å²) in [5, 5.41) is 1.38. The molecule has 3 N–H and O–H groups in total. The number of aromatic nitrogens is 1. The number of fused-ring (bicyclic) bond motifs is 1. The number of halogens is 1. The van der Waals surface area contributed by atoms with Crippen LogP contribution in [0.25, 0.3) is 22.2 Å². The normalized spacial score (nSPS) is 11.3. The van der Waals surface area contributed by atoms with E-state index in [0.29, 0.717) is 0 Å². The zero-order valence-corrected chi connectivity index (χ0v) is 15.3. The molecule has 3 heteroatoms. The third-order valence-electron chi connectivity index (χ3n) is 4.50. The van der Waals surface area contributed by atoms with Gasteiger partial charge in [-0.25, -0.2) is 0 Å². The molecule has 23 heavy (non-hydrogen) atoms. The van der Waals surface area contributed by atoms with E-state index >= 15 is 0 Å². The quantitative estimate of drug-likeness (QED) is 0.572. The van der Waals surface area contributed by atoms with Crippen molar-refractivity contribution in [2.45, 2.75) is 33.1 Å². The number of nitrogens with one attached hydrogen (secondary N) is 1. The highest BCUT2D eigenvalue weighted by atomic mass is 79.9. The maximum absolute atomic E-state index is 5.69. The van der Waals surface area contributed by atoms with Crippen molar-refractivity contribution in [3.8, 4) is 11.3 Å². The Morgan fingerprint density at radius 3 is 2.48 bits per heavy atom. The number of hydrogen-bond donors (Lipinski definition) is 2. The molecule has 0 bridgehead atoms. The molecule has 0 saturated carbocycles. The summed E-state index contributed by atoms with van der Waals surface area (Å²) in [5.41, 5.74) is 13.5. The fraction of sp³-hybridized carbons (Fsp3) is 0.300. The third kappa shape index (κ3) is 3.08. The lowest BCUT2D eigenvalue weighted by Gasteiger charge is -2.08. The predicted molar refractivity (Wildman–Crippen MR) is 103 cm³/mol. The van der Waals surface area contributed by atoms with E-state index in [1.165, 1.54) is 38.9 Å². The summed E-state index contributed by atoms with van der Waals surface area (Å²) in [7, 11) is 0. The highest BCUT2D eigenvalue weighted by molar-refractivity contribution is 9.10. The summed E-state index contributed by atoms with van der Waals surface area (Å²) in [6.45, 7) is 5.13. The number of H-pyrrole nitrogens is 1. The van der Waals surface area contributed by atoms with Crippen LogP contribution in [-0.2, 0) is 6.42 Å². The molecular weight excluding hydrogens is 348 g/mol. The molecule has 1 aromatic heterocycles. The van der Waals surface area contributed by atoms with Gasteiger partial charge in [0.2, 0.25) is 0 Å². The zero-order chi connectivity index (χ0) is 16.4. The van der Waals surface area contributed by atoms with Gasteiger partial charge >= 0.3 is 0 Å². The summed E-state index contributed by atoms with van der Waals surface area (Å²) in [4.78, 5) is 3.70. The second-order valence-electron chi connectivity index (χ2n) is 6.15. The number of aromatic amines is 1. The van der Waals surface area contributed by atoms with Gasteiger partial charge in [-0.3, -0.25) is 0 Å². The van der Waals surface area contributed by atoms with Crippen molar-refractivity contribution in [3.63, 3.8) is 0 Å². The van der Waals surface area contributed by atoms with Gasteiger partial charge < -0.3 is 10.7 Å². The standard InChI is InChI=1S/C20H23BrN2/c1-13-10-11-14(2)19-18(13)16(8-5-6-12-22)20(23-19)15-7-3-4-9-17(15)21/h3-4,7,9-11,23H,5-6,8,12,22H2,1-2H3. The Morgan fingerprint density at radius 1 is 1.00 bits per heavy atom. The van der Waals surface area contributed by atoms with Crippen LogP contribution < -0.4 is 5.73 Å². The lowest BCUT2D eigenvalue weighted by atomic mass is 9.97. The van der Waals surface area contributed by atoms with Crippen molar-refractivity contribution in [3.05, 3.63) is 57.6 Å². The van der Waals surface area contributed by atoms with Crippen molar-refractivity contribution in [1.29, 1.82) is 0 Å². The van der Waals surface area contributed by atoms with Crippen LogP contribution in [0.2, 0.25) is 0 Å². The molecule has 0 amide bonds. The average Bonchev–Trinajstić information content (AvgIpc) is 2.92. The molecule has 0 saturated heterocycles. The zero-order valence-electron chi connectivity index (χ0n) is 13.7. The number of aryl methyl sites for hydroxylation is 3. The first-order valence-corrected chi connectivity index (χ1v) is 8.98. The Hall–Kier alpha value is -1.58. The minimum atomic E-state index is 0.755. The van der Waals surface area contributed by atoms with E-state index in [9.17, 15) is 0 Å². The third-order valence-corrected chi connectivity index (χ3v) is 5.19. The van der Waals surface area contributed by atoms with Crippen molar-refractivity contribution in [2.24, 2.45) is 5.73 Å². The first-order valence-electron chi connectivity index (χ1n) is 8.19. The molecule has 0 atom stereocenters. The number of benzene rings is 2. The SMILES string of the molecule is Cc1ccc(C)c2c(CCCCN)c(-c3ccccc3Br)[nH]c12. The summed E-state index contributed by atoms with van der Waals surface area (Å²) >= 11 is 3.70. The van der Waals surface area contributed by atoms with Crippen LogP contribution >= 0.6 is 15.9 Å². The van der Waals surface area contributed by atoms with E-state index in [-0.39, 0.29) is 0 Å². The van der Waals surface area contributed by atoms with Crippen molar-refractivity contribution < 1.29 is 0 Å². The van der Waals surface area contributed by atoms with Crippen LogP contribution in [0.1, 0.15) is 29.5 Å². The van der Waals surface area contributed by atoms with Crippen LogP contribution in [0.3, 0.4) is 0 Å². The molecule has 120 valence electrons. The molecule has 0 fully saturated rings. The number of hydrogen-bond acceptors (Lipinski definition) is 1. The van der Waals surface area contributed by atoms with E-state index in [4.69, 9.17) is 5.73 Å². The Morgan fingerprint density at radius 2 is 1.74 bits per heavy atom. The summed E-state index contributed by atoms with van der Waals surface area (Å²) in [6.07, 6.45) is 3.24. The first kappa shape index (κ1) is 16.3. The van der Waals surface area contributed by atoms with Gasteiger partial charge in [-0.2, -0.15) is 0 Å². The summed E-state index contributed by atoms with van der Waals surface area (Å²) in [5.74, 6) is 0. The first-order chi connectivity index (χ1) is 11.1. The average molecular weight is 371 g/mol. The predicted octanol–water partition coefficient (Wildman–Crippen LogP) is 5.50. The van der Waals surface area contributed by atoms with Gasteiger partial charge in [-0.1, -0.05) is 46.3 Å². The van der Waals surface area contributed by atoms with E-state index in [0.717, 1.165) is 30.3 Å². The molecule has 0 aliphatic heterocycles. The minimum absolute atomic E-state index is 0.755. The second kappa shape index (κ2) is 6.90. The van der Waals surface area contributed by atoms with E-state index in [2.05, 4.69) is 71.2 Å². The monoisotopic (exact) mass is 370 g/mol. The van der Waals surface area contributed by atoms with Crippen LogP contribution in [0.5, 0.6) is 0 Å². The summed E-state index contributed by atoms with van der Waals surface area (Å²) < 4.78 is 1.13. The lowest BCUT2D eigenvalue weighted by Crippen LogP contribution is -1.99. The molecule has 0 aliphatic rings. The largest absolute Gasteiger partial charge is 0.354 e. The Kier molecular flexibility index (Phi) is 4.88. The van der Waals surface area contributed by atoms with Crippen LogP contribution in [0.15, 0.2) is 40.9 Å². The van der Waals surface area contributed by atoms with Gasteiger partial charge in [0.25, 0.3) is 0 Å². The molecular formula is C20H23BrN2. The van der Waals surface area contributed by atoms with E-state index < -0.39 is 0 Å². The van der Waals surface area contributed by atoms with Crippen molar-refractivity contribution >= 4 is 26.8 Å². The van der Waals surface area contributed by atoms with E-state index in [1.54, 1.807) is 0 Å². The van der Waals surface area contributed by atoms with Gasteiger partial charge in [0.15, 0.2) is 0 Å². The second-order valence-corrected chi connectivity index (χ2v) is 7.01. The Labute approximate surface area is 146 Å². The van der Waals surface area contributed by atoms with Crippen LogP contribution in [-0.4, -0.2) is 11.5 Å². The maximum Gasteiger partial charge on any atom is 0.0508 e. The summed E-state index contributed by atoms with van der Waals surface area (Å²) in [6, 6.07) is 12.8. The molecule has 2 nitrogen and oxygen atoms in total. The van der Waals surface area contributed by atoms with Gasteiger partial charge in [0, 0.05) is 20.9 Å². The molecule has 3 aromatic rings. The molecule has 1 heterocycles. The van der Waals surface area contributed by atoms with Gasteiger partial charge in [-0.15, -0.1) is 0 Å². The molecule has 3 rings (SSSR count). The topological polar surface area (TPSA) is 41.8 Å². The van der Waals surface area contributed by atoms with Crippen LogP contribution in [0, 0.1) is 13.8 Å². The molecule has 2 aromatic carbocycles. The minimum Gasteiger partial charge on any atom is -0.354 e. The smallest absolute Gasteiger partial charge is 0.0508 e. The molecule has 0 aliphatic carbocycles. The maximum atomic E-state index is 5.69. The Bertz CT molecular complexity index is 833. The fourth-order valence-corrected chi connectivity index (χ4v) is 3.76. The lowest BCUT2D eigenvalue weighted by molar-refractivity contribution is 0.748. The van der Waals surface area contributed by atoms with Gasteiger partial charge in [-0.05, 0) is 62.4 Å².